The van der Waals surface area contributed by atoms with Gasteiger partial charge in [-0.15, -0.1) is 0 Å². The van der Waals surface area contributed by atoms with E-state index in [0.29, 0.717) is 16.3 Å². The second-order valence-corrected chi connectivity index (χ2v) is 8.16. The number of hydrogen-bond acceptors (Lipinski definition) is 3. The highest BCUT2D eigenvalue weighted by Gasteiger charge is 2.52. The molecule has 0 radical (unpaired) electrons. The van der Waals surface area contributed by atoms with Crippen molar-refractivity contribution in [3.63, 3.8) is 0 Å². The van der Waals surface area contributed by atoms with Crippen LogP contribution in [0.25, 0.3) is 0 Å². The number of hydrogen-bond donors (Lipinski definition) is 2. The third-order valence-corrected chi connectivity index (χ3v) is 6.05. The molecule has 0 saturated heterocycles. The summed E-state index contributed by atoms with van der Waals surface area (Å²) in [4.78, 5) is 29.5. The number of halogens is 1. The maximum absolute atomic E-state index is 12.7. The molecule has 2 aliphatic rings. The summed E-state index contributed by atoms with van der Waals surface area (Å²) in [6.07, 6.45) is 6.94. The van der Waals surface area contributed by atoms with Crippen LogP contribution in [0.15, 0.2) is 48.7 Å². The highest BCUT2D eigenvalue weighted by Crippen LogP contribution is 2.48. The van der Waals surface area contributed by atoms with Crippen LogP contribution >= 0.6 is 11.6 Å². The first kappa shape index (κ1) is 18.0. The lowest BCUT2D eigenvalue weighted by Gasteiger charge is -2.40. The van der Waals surface area contributed by atoms with Crippen LogP contribution in [0.1, 0.15) is 59.4 Å². The van der Waals surface area contributed by atoms with E-state index in [1.807, 2.05) is 6.07 Å². The molecule has 2 aromatic rings. The lowest BCUT2D eigenvalue weighted by molar-refractivity contribution is 0.0829. The summed E-state index contributed by atoms with van der Waals surface area (Å²) in [5, 5.41) is 7.00. The van der Waals surface area contributed by atoms with Gasteiger partial charge >= 0.3 is 0 Å². The van der Waals surface area contributed by atoms with E-state index < -0.39 is 0 Å². The Bertz CT molecular complexity index is 873. The molecule has 27 heavy (non-hydrogen) atoms. The lowest BCUT2D eigenvalue weighted by atomic mass is 9.78. The first-order valence-electron chi connectivity index (χ1n) is 9.31. The number of amides is 2. The number of nitrogens with zero attached hydrogens (tertiary/aromatic N) is 1. The van der Waals surface area contributed by atoms with Crippen LogP contribution in [0.3, 0.4) is 0 Å². The average molecular weight is 384 g/mol. The lowest BCUT2D eigenvalue weighted by Crippen LogP contribution is -2.55. The Morgan fingerprint density at radius 1 is 0.926 bits per heavy atom. The summed E-state index contributed by atoms with van der Waals surface area (Å²) in [5.41, 5.74) is 0.458. The Kier molecular flexibility index (Phi) is 4.64. The van der Waals surface area contributed by atoms with E-state index in [0.717, 1.165) is 38.5 Å². The van der Waals surface area contributed by atoms with Gasteiger partial charge < -0.3 is 10.6 Å². The number of carbonyl (C=O) groups is 2. The van der Waals surface area contributed by atoms with Crippen LogP contribution in [0.4, 0.5) is 0 Å². The van der Waals surface area contributed by atoms with Crippen molar-refractivity contribution in [2.45, 2.75) is 49.6 Å². The molecular formula is C21H22ClN3O2. The summed E-state index contributed by atoms with van der Waals surface area (Å²) >= 11 is 6.01. The minimum Gasteiger partial charge on any atom is -0.347 e. The highest BCUT2D eigenvalue weighted by atomic mass is 35.5. The number of nitrogens with one attached hydrogen (secondary N) is 2. The molecule has 2 aliphatic carbocycles. The van der Waals surface area contributed by atoms with E-state index in [2.05, 4.69) is 15.6 Å². The molecule has 6 heteroatoms. The second-order valence-electron chi connectivity index (χ2n) is 7.72. The zero-order valence-corrected chi connectivity index (χ0v) is 15.8. The van der Waals surface area contributed by atoms with E-state index in [1.54, 1.807) is 42.6 Å². The molecule has 1 aromatic carbocycles. The minimum atomic E-state index is -0.269. The normalized spacial score (nSPS) is 26.4. The van der Waals surface area contributed by atoms with Crippen molar-refractivity contribution < 1.29 is 9.59 Å². The number of pyridine rings is 1. The van der Waals surface area contributed by atoms with Crippen molar-refractivity contribution in [3.05, 3.63) is 64.9 Å². The molecule has 2 bridgehead atoms. The summed E-state index contributed by atoms with van der Waals surface area (Å²) in [5.74, 6) is -0.249. The molecule has 2 atom stereocenters. The van der Waals surface area contributed by atoms with Gasteiger partial charge in [0.1, 0.15) is 5.69 Å². The van der Waals surface area contributed by atoms with Crippen LogP contribution in [0, 0.1) is 0 Å². The van der Waals surface area contributed by atoms with E-state index in [9.17, 15) is 9.59 Å². The molecule has 2 unspecified atom stereocenters. The van der Waals surface area contributed by atoms with Crippen molar-refractivity contribution >= 4 is 23.4 Å². The molecular weight excluding hydrogens is 362 g/mol. The standard InChI is InChI=1S/C21H22ClN3O2/c22-16-6-3-5-15(13-16)18(26)24-20-8-4-9-21(14-20,11-10-20)25-19(27)17-7-1-2-12-23-17/h1-3,5-7,12-13H,4,8-11,14H2,(H,24,26)(H,25,27). The van der Waals surface area contributed by atoms with Gasteiger partial charge in [0.05, 0.1) is 0 Å². The smallest absolute Gasteiger partial charge is 0.270 e. The van der Waals surface area contributed by atoms with Gasteiger partial charge in [-0.25, -0.2) is 0 Å². The van der Waals surface area contributed by atoms with E-state index in [1.165, 1.54) is 0 Å². The van der Waals surface area contributed by atoms with Crippen LogP contribution in [0.5, 0.6) is 0 Å². The molecule has 2 fully saturated rings. The number of aromatic nitrogens is 1. The minimum absolute atomic E-state index is 0.105. The molecule has 140 valence electrons. The van der Waals surface area contributed by atoms with Crippen molar-refractivity contribution in [2.24, 2.45) is 0 Å². The van der Waals surface area contributed by atoms with Gasteiger partial charge in [0.2, 0.25) is 0 Å². The Hall–Kier alpha value is -2.40. The van der Waals surface area contributed by atoms with Crippen LogP contribution in [-0.4, -0.2) is 27.9 Å². The second kappa shape index (κ2) is 6.97. The van der Waals surface area contributed by atoms with Crippen molar-refractivity contribution in [1.82, 2.24) is 15.6 Å². The fraction of sp³-hybridized carbons (Fsp3) is 0.381. The topological polar surface area (TPSA) is 71.1 Å². The fourth-order valence-corrected chi connectivity index (χ4v) is 4.77. The van der Waals surface area contributed by atoms with Gasteiger partial charge in [-0.3, -0.25) is 14.6 Å². The molecule has 1 heterocycles. The third-order valence-electron chi connectivity index (χ3n) is 5.81. The van der Waals surface area contributed by atoms with Crippen molar-refractivity contribution in [1.29, 1.82) is 0 Å². The molecule has 1 aromatic heterocycles. The molecule has 2 amide bonds. The van der Waals surface area contributed by atoms with E-state index in [4.69, 9.17) is 11.6 Å². The maximum atomic E-state index is 12.7. The zero-order chi connectivity index (χ0) is 18.9. The molecule has 5 nitrogen and oxygen atoms in total. The molecule has 0 aliphatic heterocycles. The maximum Gasteiger partial charge on any atom is 0.270 e. The Labute approximate surface area is 163 Å². The fourth-order valence-electron chi connectivity index (χ4n) is 4.58. The Morgan fingerprint density at radius 2 is 1.67 bits per heavy atom. The average Bonchev–Trinajstić information content (AvgIpc) is 2.92. The molecule has 2 saturated carbocycles. The SMILES string of the molecule is O=C(NC12CCCC(NC(=O)c3ccccn3)(CC1)C2)c1cccc(Cl)c1. The largest absolute Gasteiger partial charge is 0.347 e. The quantitative estimate of drug-likeness (QED) is 0.844. The number of rotatable bonds is 4. The highest BCUT2D eigenvalue weighted by molar-refractivity contribution is 6.30. The van der Waals surface area contributed by atoms with Crippen LogP contribution < -0.4 is 10.6 Å². The molecule has 2 N–H and O–H groups in total. The first-order chi connectivity index (χ1) is 13.0. The summed E-state index contributed by atoms with van der Waals surface area (Å²) in [6, 6.07) is 12.3. The van der Waals surface area contributed by atoms with Gasteiger partial charge in [0, 0.05) is 27.9 Å². The van der Waals surface area contributed by atoms with Crippen molar-refractivity contribution in [2.75, 3.05) is 0 Å². The van der Waals surface area contributed by atoms with Gasteiger partial charge in [-0.1, -0.05) is 23.7 Å². The van der Waals surface area contributed by atoms with Gasteiger partial charge in [-0.05, 0) is 68.9 Å². The number of fused-ring (bicyclic) bond motifs is 2. The number of carbonyl (C=O) groups excluding carboxylic acids is 2. The van der Waals surface area contributed by atoms with E-state index in [-0.39, 0.29) is 22.9 Å². The zero-order valence-electron chi connectivity index (χ0n) is 15.0. The van der Waals surface area contributed by atoms with Crippen LogP contribution in [0.2, 0.25) is 5.02 Å². The summed E-state index contributed by atoms with van der Waals surface area (Å²) < 4.78 is 0. The van der Waals surface area contributed by atoms with Gasteiger partial charge in [-0.2, -0.15) is 0 Å². The van der Waals surface area contributed by atoms with Gasteiger partial charge in [0.25, 0.3) is 11.8 Å². The third kappa shape index (κ3) is 3.69. The Morgan fingerprint density at radius 3 is 2.33 bits per heavy atom. The van der Waals surface area contributed by atoms with E-state index >= 15 is 0 Å². The first-order valence-corrected chi connectivity index (χ1v) is 9.69. The predicted octanol–water partition coefficient (Wildman–Crippen LogP) is 3.74. The van der Waals surface area contributed by atoms with Crippen molar-refractivity contribution in [3.8, 4) is 0 Å². The monoisotopic (exact) mass is 383 g/mol. The summed E-state index contributed by atoms with van der Waals surface area (Å²) in [6.45, 7) is 0. The summed E-state index contributed by atoms with van der Waals surface area (Å²) in [7, 11) is 0. The Balaban J connectivity index is 1.48. The number of benzene rings is 1. The molecule has 4 rings (SSSR count). The predicted molar refractivity (Wildman–Crippen MR) is 104 cm³/mol. The van der Waals surface area contributed by atoms with Gasteiger partial charge in [0.15, 0.2) is 0 Å². The van der Waals surface area contributed by atoms with Crippen LogP contribution in [-0.2, 0) is 0 Å². The molecule has 0 spiro atoms.